The van der Waals surface area contributed by atoms with Crippen molar-refractivity contribution in [3.05, 3.63) is 34.6 Å². The Bertz CT molecular complexity index is 493. The van der Waals surface area contributed by atoms with Crippen LogP contribution in [0.1, 0.15) is 31.4 Å². The zero-order chi connectivity index (χ0) is 14.8. The van der Waals surface area contributed by atoms with Gasteiger partial charge in [0.15, 0.2) is 6.29 Å². The minimum Gasteiger partial charge on any atom is -0.350 e. The molecular weight excluding hydrogens is 293 g/mol. The predicted molar refractivity (Wildman–Crippen MR) is 79.8 cm³/mol. The van der Waals surface area contributed by atoms with Crippen molar-refractivity contribution in [2.45, 2.75) is 32.1 Å². The van der Waals surface area contributed by atoms with Gasteiger partial charge >= 0.3 is 0 Å². The molecule has 21 heavy (non-hydrogen) atoms. The highest BCUT2D eigenvalue weighted by molar-refractivity contribution is 6.30. The lowest BCUT2D eigenvalue weighted by molar-refractivity contribution is -0.103. The summed E-state index contributed by atoms with van der Waals surface area (Å²) in [5.41, 5.74) is 1.05. The summed E-state index contributed by atoms with van der Waals surface area (Å²) < 4.78 is 24.6. The lowest BCUT2D eigenvalue weighted by Crippen LogP contribution is -2.41. The summed E-state index contributed by atoms with van der Waals surface area (Å²) in [5, 5.41) is 0.190. The SMILES string of the molecule is CC(c1ccc(F)c(Cl)c1)N1CCCC(C2OCCO2)C1. The number of benzene rings is 1. The number of halogens is 2. The van der Waals surface area contributed by atoms with Gasteiger partial charge in [-0.2, -0.15) is 0 Å². The molecule has 1 aromatic rings. The molecule has 0 spiro atoms. The molecule has 2 atom stereocenters. The number of piperidine rings is 1. The van der Waals surface area contributed by atoms with Crippen LogP contribution < -0.4 is 0 Å². The Balaban J connectivity index is 1.68. The number of likely N-dealkylation sites (tertiary alicyclic amines) is 1. The largest absolute Gasteiger partial charge is 0.350 e. The van der Waals surface area contributed by atoms with Crippen LogP contribution in [-0.4, -0.2) is 37.5 Å². The third-order valence-corrected chi connectivity index (χ3v) is 4.79. The summed E-state index contributed by atoms with van der Waals surface area (Å²) in [6.07, 6.45) is 2.21. The zero-order valence-electron chi connectivity index (χ0n) is 12.2. The molecule has 0 aromatic heterocycles. The van der Waals surface area contributed by atoms with Gasteiger partial charge < -0.3 is 9.47 Å². The van der Waals surface area contributed by atoms with Crippen molar-refractivity contribution in [1.82, 2.24) is 4.90 Å². The maximum atomic E-state index is 13.3. The van der Waals surface area contributed by atoms with Gasteiger partial charge in [0.05, 0.1) is 18.2 Å². The molecule has 0 saturated carbocycles. The van der Waals surface area contributed by atoms with Crippen molar-refractivity contribution >= 4 is 11.6 Å². The second kappa shape index (κ2) is 6.61. The predicted octanol–water partition coefficient (Wildman–Crippen LogP) is 3.63. The molecule has 0 amide bonds. The van der Waals surface area contributed by atoms with Crippen LogP contribution in [0.15, 0.2) is 18.2 Å². The number of ether oxygens (including phenoxy) is 2. The highest BCUT2D eigenvalue weighted by atomic mass is 35.5. The summed E-state index contributed by atoms with van der Waals surface area (Å²) in [7, 11) is 0. The van der Waals surface area contributed by atoms with Crippen molar-refractivity contribution < 1.29 is 13.9 Å². The van der Waals surface area contributed by atoms with Crippen LogP contribution in [0.25, 0.3) is 0 Å². The van der Waals surface area contributed by atoms with E-state index < -0.39 is 0 Å². The zero-order valence-corrected chi connectivity index (χ0v) is 13.0. The van der Waals surface area contributed by atoms with Crippen LogP contribution in [0.2, 0.25) is 5.02 Å². The van der Waals surface area contributed by atoms with Crippen LogP contribution in [0.5, 0.6) is 0 Å². The van der Waals surface area contributed by atoms with Gasteiger partial charge in [0.1, 0.15) is 5.82 Å². The van der Waals surface area contributed by atoms with E-state index >= 15 is 0 Å². The molecule has 5 heteroatoms. The topological polar surface area (TPSA) is 21.7 Å². The number of nitrogens with zero attached hydrogens (tertiary/aromatic N) is 1. The average molecular weight is 314 g/mol. The highest BCUT2D eigenvalue weighted by Gasteiger charge is 2.32. The van der Waals surface area contributed by atoms with Gasteiger partial charge in [-0.25, -0.2) is 4.39 Å². The first kappa shape index (κ1) is 15.2. The monoisotopic (exact) mass is 313 g/mol. The summed E-state index contributed by atoms with van der Waals surface area (Å²) >= 11 is 5.90. The quantitative estimate of drug-likeness (QED) is 0.850. The van der Waals surface area contributed by atoms with E-state index in [1.54, 1.807) is 6.07 Å². The van der Waals surface area contributed by atoms with Gasteiger partial charge in [0.25, 0.3) is 0 Å². The molecule has 2 fully saturated rings. The standard InChI is InChI=1S/C16H21ClFNO2/c1-11(12-4-5-15(18)14(17)9-12)19-6-2-3-13(10-19)16-20-7-8-21-16/h4-5,9,11,13,16H,2-3,6-8,10H2,1H3. The minimum absolute atomic E-state index is 0.0585. The van der Waals surface area contributed by atoms with Crippen LogP contribution in [0, 0.1) is 11.7 Å². The normalized spacial score (nSPS) is 26.1. The van der Waals surface area contributed by atoms with Gasteiger partial charge in [0, 0.05) is 18.5 Å². The molecule has 2 aliphatic heterocycles. The fourth-order valence-corrected chi connectivity index (χ4v) is 3.44. The number of rotatable bonds is 3. The maximum Gasteiger partial charge on any atom is 0.161 e. The Kier molecular flexibility index (Phi) is 4.79. The molecule has 116 valence electrons. The molecule has 0 aliphatic carbocycles. The van der Waals surface area contributed by atoms with E-state index in [1.807, 2.05) is 6.07 Å². The van der Waals surface area contributed by atoms with Gasteiger partial charge in [0.2, 0.25) is 0 Å². The van der Waals surface area contributed by atoms with Crippen molar-refractivity contribution in [3.63, 3.8) is 0 Å². The second-order valence-corrected chi connectivity index (χ2v) is 6.26. The lowest BCUT2D eigenvalue weighted by Gasteiger charge is -2.38. The van der Waals surface area contributed by atoms with E-state index in [0.717, 1.165) is 31.5 Å². The molecule has 0 bridgehead atoms. The Morgan fingerprint density at radius 3 is 2.81 bits per heavy atom. The molecule has 0 radical (unpaired) electrons. The Morgan fingerprint density at radius 1 is 1.33 bits per heavy atom. The summed E-state index contributed by atoms with van der Waals surface area (Å²) in [6.45, 7) is 5.52. The molecule has 3 rings (SSSR count). The second-order valence-electron chi connectivity index (χ2n) is 5.86. The van der Waals surface area contributed by atoms with Crippen molar-refractivity contribution in [1.29, 1.82) is 0 Å². The minimum atomic E-state index is -0.364. The molecule has 1 aromatic carbocycles. The smallest absolute Gasteiger partial charge is 0.161 e. The van der Waals surface area contributed by atoms with E-state index in [-0.39, 0.29) is 23.2 Å². The summed E-state index contributed by atoms with van der Waals surface area (Å²) in [5.74, 6) is 0.0523. The molecule has 2 unspecified atom stereocenters. The lowest BCUT2D eigenvalue weighted by atomic mass is 9.94. The third-order valence-electron chi connectivity index (χ3n) is 4.50. The molecule has 0 N–H and O–H groups in total. The van der Waals surface area contributed by atoms with E-state index in [1.165, 1.54) is 6.07 Å². The summed E-state index contributed by atoms with van der Waals surface area (Å²) in [6, 6.07) is 5.21. The maximum absolute atomic E-state index is 13.3. The fourth-order valence-electron chi connectivity index (χ4n) is 3.25. The van der Waals surface area contributed by atoms with E-state index in [4.69, 9.17) is 21.1 Å². The first-order valence-electron chi connectivity index (χ1n) is 7.57. The highest BCUT2D eigenvalue weighted by Crippen LogP contribution is 2.31. The van der Waals surface area contributed by atoms with Gasteiger partial charge in [-0.15, -0.1) is 0 Å². The Hall–Kier alpha value is -0.680. The van der Waals surface area contributed by atoms with E-state index in [0.29, 0.717) is 19.1 Å². The van der Waals surface area contributed by atoms with Gasteiger partial charge in [-0.05, 0) is 44.0 Å². The number of hydrogen-bond donors (Lipinski definition) is 0. The molecular formula is C16H21ClFNO2. The van der Waals surface area contributed by atoms with Gasteiger partial charge in [-0.1, -0.05) is 17.7 Å². The third kappa shape index (κ3) is 3.39. The number of hydrogen-bond acceptors (Lipinski definition) is 3. The summed E-state index contributed by atoms with van der Waals surface area (Å²) in [4.78, 5) is 2.41. The van der Waals surface area contributed by atoms with Crippen molar-refractivity contribution in [3.8, 4) is 0 Å². The van der Waals surface area contributed by atoms with E-state index in [2.05, 4.69) is 11.8 Å². The van der Waals surface area contributed by atoms with Crippen LogP contribution in [0.4, 0.5) is 4.39 Å². The van der Waals surface area contributed by atoms with E-state index in [9.17, 15) is 4.39 Å². The Labute approximate surface area is 130 Å². The fraction of sp³-hybridized carbons (Fsp3) is 0.625. The van der Waals surface area contributed by atoms with Crippen molar-refractivity contribution in [2.24, 2.45) is 5.92 Å². The molecule has 2 heterocycles. The first-order valence-corrected chi connectivity index (χ1v) is 7.95. The Morgan fingerprint density at radius 2 is 2.10 bits per heavy atom. The molecule has 2 aliphatic rings. The average Bonchev–Trinajstić information content (AvgIpc) is 3.04. The van der Waals surface area contributed by atoms with Crippen LogP contribution in [-0.2, 0) is 9.47 Å². The van der Waals surface area contributed by atoms with Crippen molar-refractivity contribution in [2.75, 3.05) is 26.3 Å². The van der Waals surface area contributed by atoms with Crippen LogP contribution >= 0.6 is 11.6 Å². The molecule has 3 nitrogen and oxygen atoms in total. The molecule has 2 saturated heterocycles. The van der Waals surface area contributed by atoms with Gasteiger partial charge in [-0.3, -0.25) is 4.90 Å². The van der Waals surface area contributed by atoms with Crippen LogP contribution in [0.3, 0.4) is 0 Å². The first-order chi connectivity index (χ1) is 10.1.